The summed E-state index contributed by atoms with van der Waals surface area (Å²) in [5.41, 5.74) is 7.20. The number of nitrogens with one attached hydrogen (secondary N) is 2. The fourth-order valence-electron chi connectivity index (χ4n) is 2.98. The average molecular weight is 407 g/mol. The number of hydrazine groups is 1. The number of carbonyl (C=O) groups excluding carboxylic acids is 3. The van der Waals surface area contributed by atoms with Crippen molar-refractivity contribution in [2.75, 3.05) is 30.5 Å². The molecule has 8 nitrogen and oxygen atoms in total. The molecule has 0 fully saturated rings. The highest BCUT2D eigenvalue weighted by Gasteiger charge is 2.28. The number of anilines is 2. The summed E-state index contributed by atoms with van der Waals surface area (Å²) in [6.07, 6.45) is 0. The maximum Gasteiger partial charge on any atom is 0.290 e. The minimum Gasteiger partial charge on any atom is -0.330 e. The van der Waals surface area contributed by atoms with E-state index in [4.69, 9.17) is 0 Å². The van der Waals surface area contributed by atoms with Crippen LogP contribution in [0.25, 0.3) is 0 Å². The molecule has 2 aromatic rings. The first-order valence-electron chi connectivity index (χ1n) is 9.58. The third kappa shape index (κ3) is 4.65. The van der Waals surface area contributed by atoms with Gasteiger partial charge in [-0.25, -0.2) is 5.01 Å². The smallest absolute Gasteiger partial charge is 0.290 e. The number of rotatable bonds is 5. The first-order chi connectivity index (χ1) is 14.3. The number of nitrogens with zero attached hydrogens (tertiary/aromatic N) is 3. The summed E-state index contributed by atoms with van der Waals surface area (Å²) in [6.45, 7) is 5.55. The van der Waals surface area contributed by atoms with Crippen LogP contribution in [0.15, 0.2) is 47.5 Å². The molecule has 156 valence electrons. The van der Waals surface area contributed by atoms with Gasteiger partial charge in [0.1, 0.15) is 6.54 Å². The molecule has 0 spiro atoms. The van der Waals surface area contributed by atoms with Gasteiger partial charge < -0.3 is 10.2 Å². The Bertz CT molecular complexity index is 1010. The third-order valence-corrected chi connectivity index (χ3v) is 4.94. The molecule has 0 atom stereocenters. The summed E-state index contributed by atoms with van der Waals surface area (Å²) in [5.74, 6) is -1.05. The fraction of sp³-hybridized carbons (Fsp3) is 0.273. The quantitative estimate of drug-likeness (QED) is 0.792. The van der Waals surface area contributed by atoms with Crippen molar-refractivity contribution < 1.29 is 14.4 Å². The predicted molar refractivity (Wildman–Crippen MR) is 116 cm³/mol. The van der Waals surface area contributed by atoms with Crippen LogP contribution in [0.5, 0.6) is 0 Å². The van der Waals surface area contributed by atoms with Crippen molar-refractivity contribution in [2.45, 2.75) is 20.8 Å². The largest absolute Gasteiger partial charge is 0.330 e. The van der Waals surface area contributed by atoms with E-state index in [9.17, 15) is 14.4 Å². The van der Waals surface area contributed by atoms with Gasteiger partial charge in [-0.3, -0.25) is 24.8 Å². The number of hydrogen-bond acceptors (Lipinski definition) is 5. The topological polar surface area (TPSA) is 94.1 Å². The van der Waals surface area contributed by atoms with Crippen molar-refractivity contribution in [2.24, 2.45) is 4.99 Å². The summed E-state index contributed by atoms with van der Waals surface area (Å²) >= 11 is 0. The molecule has 0 saturated heterocycles. The highest BCUT2D eigenvalue weighted by atomic mass is 16.2. The molecular formula is C22H25N5O3. The fourth-order valence-corrected chi connectivity index (χ4v) is 2.98. The third-order valence-electron chi connectivity index (χ3n) is 4.94. The van der Waals surface area contributed by atoms with E-state index in [0.717, 1.165) is 16.7 Å². The molecule has 3 amide bonds. The van der Waals surface area contributed by atoms with E-state index < -0.39 is 5.91 Å². The SMILES string of the molecule is Cc1ccc(N2NC(C(=O)N(C)CC(=O)Nc3cccc(C)c3C)=NCC2=O)cc1. The first kappa shape index (κ1) is 21.0. The molecule has 0 aromatic heterocycles. The Labute approximate surface area is 175 Å². The van der Waals surface area contributed by atoms with Crippen molar-refractivity contribution >= 4 is 34.9 Å². The summed E-state index contributed by atoms with van der Waals surface area (Å²) in [6, 6.07) is 13.0. The van der Waals surface area contributed by atoms with Crippen LogP contribution in [0.1, 0.15) is 16.7 Å². The zero-order valence-corrected chi connectivity index (χ0v) is 17.5. The molecule has 2 aromatic carbocycles. The summed E-state index contributed by atoms with van der Waals surface area (Å²) in [4.78, 5) is 42.7. The van der Waals surface area contributed by atoms with Gasteiger partial charge in [-0.1, -0.05) is 29.8 Å². The van der Waals surface area contributed by atoms with Crippen molar-refractivity contribution in [1.29, 1.82) is 0 Å². The zero-order chi connectivity index (χ0) is 21.8. The average Bonchev–Trinajstić information content (AvgIpc) is 2.72. The van der Waals surface area contributed by atoms with E-state index in [-0.39, 0.29) is 30.7 Å². The van der Waals surface area contributed by atoms with Crippen LogP contribution in [-0.2, 0) is 14.4 Å². The lowest BCUT2D eigenvalue weighted by molar-refractivity contribution is -0.128. The number of aryl methyl sites for hydroxylation is 2. The second-order valence-corrected chi connectivity index (χ2v) is 7.30. The maximum absolute atomic E-state index is 12.8. The minimum absolute atomic E-state index is 0.0113. The molecule has 3 rings (SSSR count). The number of amidine groups is 1. The Morgan fingerprint density at radius 1 is 1.13 bits per heavy atom. The standard InChI is InChI=1S/C22H25N5O3/c1-14-8-10-17(11-9-14)27-20(29)12-23-21(25-27)22(30)26(4)13-19(28)24-18-7-5-6-15(2)16(18)3/h5-11H,12-13H2,1-4H3,(H,23,25)(H,24,28). The van der Waals surface area contributed by atoms with E-state index in [0.29, 0.717) is 11.4 Å². The minimum atomic E-state index is -0.476. The highest BCUT2D eigenvalue weighted by molar-refractivity contribution is 6.39. The van der Waals surface area contributed by atoms with E-state index in [1.807, 2.05) is 51.1 Å². The lowest BCUT2D eigenvalue weighted by Crippen LogP contribution is -2.56. The molecular weight excluding hydrogens is 382 g/mol. The van der Waals surface area contributed by atoms with Crippen LogP contribution in [0, 0.1) is 20.8 Å². The lowest BCUT2D eigenvalue weighted by atomic mass is 10.1. The Morgan fingerprint density at radius 3 is 2.53 bits per heavy atom. The van der Waals surface area contributed by atoms with Gasteiger partial charge in [-0.15, -0.1) is 0 Å². The van der Waals surface area contributed by atoms with Gasteiger partial charge in [0.2, 0.25) is 11.7 Å². The monoisotopic (exact) mass is 407 g/mol. The van der Waals surface area contributed by atoms with Crippen LogP contribution in [0.4, 0.5) is 11.4 Å². The van der Waals surface area contributed by atoms with Crippen molar-refractivity contribution in [1.82, 2.24) is 10.3 Å². The van der Waals surface area contributed by atoms with Crippen LogP contribution >= 0.6 is 0 Å². The van der Waals surface area contributed by atoms with Gasteiger partial charge in [-0.05, 0) is 50.1 Å². The van der Waals surface area contributed by atoms with E-state index in [1.165, 1.54) is 17.0 Å². The first-order valence-corrected chi connectivity index (χ1v) is 9.58. The lowest BCUT2D eigenvalue weighted by Gasteiger charge is -2.29. The molecule has 1 heterocycles. The van der Waals surface area contributed by atoms with Crippen molar-refractivity contribution in [3.8, 4) is 0 Å². The van der Waals surface area contributed by atoms with Crippen molar-refractivity contribution in [3.05, 3.63) is 59.2 Å². The van der Waals surface area contributed by atoms with Gasteiger partial charge in [0.15, 0.2) is 0 Å². The summed E-state index contributed by atoms with van der Waals surface area (Å²) in [7, 11) is 1.52. The van der Waals surface area contributed by atoms with Gasteiger partial charge in [0, 0.05) is 12.7 Å². The normalized spacial score (nSPS) is 13.4. The molecule has 0 saturated carbocycles. The molecule has 1 aliphatic rings. The van der Waals surface area contributed by atoms with Gasteiger partial charge in [0.05, 0.1) is 12.2 Å². The second-order valence-electron chi connectivity index (χ2n) is 7.30. The zero-order valence-electron chi connectivity index (χ0n) is 17.5. The summed E-state index contributed by atoms with van der Waals surface area (Å²) < 4.78 is 0. The number of carbonyl (C=O) groups is 3. The van der Waals surface area contributed by atoms with Crippen molar-refractivity contribution in [3.63, 3.8) is 0 Å². The molecule has 0 radical (unpaired) electrons. The Hall–Kier alpha value is -3.68. The van der Waals surface area contributed by atoms with Gasteiger partial charge >= 0.3 is 0 Å². The van der Waals surface area contributed by atoms with Crippen LogP contribution < -0.4 is 15.8 Å². The van der Waals surface area contributed by atoms with Crippen LogP contribution in [0.3, 0.4) is 0 Å². The van der Waals surface area contributed by atoms with Crippen LogP contribution in [-0.4, -0.2) is 48.6 Å². The summed E-state index contributed by atoms with van der Waals surface area (Å²) in [5, 5.41) is 4.12. The highest BCUT2D eigenvalue weighted by Crippen LogP contribution is 2.18. The van der Waals surface area contributed by atoms with E-state index >= 15 is 0 Å². The van der Waals surface area contributed by atoms with E-state index in [2.05, 4.69) is 15.7 Å². The van der Waals surface area contributed by atoms with Gasteiger partial charge in [0.25, 0.3) is 11.8 Å². The predicted octanol–water partition coefficient (Wildman–Crippen LogP) is 1.96. The maximum atomic E-state index is 12.8. The molecule has 30 heavy (non-hydrogen) atoms. The Balaban J connectivity index is 1.65. The molecule has 0 bridgehead atoms. The number of amides is 3. The Morgan fingerprint density at radius 2 is 1.83 bits per heavy atom. The van der Waals surface area contributed by atoms with Gasteiger partial charge in [-0.2, -0.15) is 0 Å². The Kier molecular flexibility index (Phi) is 6.15. The molecule has 0 unspecified atom stereocenters. The molecule has 1 aliphatic heterocycles. The number of likely N-dealkylation sites (N-methyl/N-ethyl adjacent to an activating group) is 1. The van der Waals surface area contributed by atoms with Crippen LogP contribution in [0.2, 0.25) is 0 Å². The second kappa shape index (κ2) is 8.77. The molecule has 0 aliphatic carbocycles. The molecule has 8 heteroatoms. The number of aliphatic imine (C=N–C) groups is 1. The number of hydrogen-bond donors (Lipinski definition) is 2. The molecule has 2 N–H and O–H groups in total. The number of benzene rings is 2. The van der Waals surface area contributed by atoms with E-state index in [1.54, 1.807) is 12.1 Å².